The monoisotopic (exact) mass is 332 g/mol. The van der Waals surface area contributed by atoms with E-state index in [2.05, 4.69) is 0 Å². The van der Waals surface area contributed by atoms with Crippen LogP contribution in [0, 0.1) is 0 Å². The van der Waals surface area contributed by atoms with E-state index in [9.17, 15) is 26.7 Å². The molecular formula is C14H21F5O3. The minimum Gasteiger partial charge on any atom is -0.478 e. The van der Waals surface area contributed by atoms with Gasteiger partial charge < -0.3 is 10.2 Å². The van der Waals surface area contributed by atoms with Crippen molar-refractivity contribution in [2.45, 2.75) is 69.6 Å². The predicted molar refractivity (Wildman–Crippen MR) is 70.7 cm³/mol. The van der Waals surface area contributed by atoms with E-state index < -0.39 is 30.1 Å². The second kappa shape index (κ2) is 8.45. The normalized spacial score (nSPS) is 18.1. The molecule has 0 radical (unpaired) electrons. The summed E-state index contributed by atoms with van der Waals surface area (Å²) >= 11 is 0. The van der Waals surface area contributed by atoms with E-state index in [1.54, 1.807) is 0 Å². The average molecular weight is 332 g/mol. The number of carboxylic acids is 1. The third-order valence-electron chi connectivity index (χ3n) is 3.31. The number of hydrogen-bond donors (Lipinski definition) is 2. The zero-order valence-electron chi connectivity index (χ0n) is 12.3. The first-order valence-corrected chi connectivity index (χ1v) is 7.07. The van der Waals surface area contributed by atoms with Crippen LogP contribution in [-0.2, 0) is 4.79 Å². The number of hydrogen-bond acceptors (Lipinski definition) is 2. The van der Waals surface area contributed by atoms with Crippen LogP contribution in [0.5, 0.6) is 0 Å². The molecule has 0 fully saturated rings. The van der Waals surface area contributed by atoms with E-state index in [0.717, 1.165) is 19.3 Å². The van der Waals surface area contributed by atoms with Crippen LogP contribution in [0.3, 0.4) is 0 Å². The van der Waals surface area contributed by atoms with Gasteiger partial charge in [0, 0.05) is 6.08 Å². The van der Waals surface area contributed by atoms with Crippen molar-refractivity contribution >= 4 is 5.97 Å². The van der Waals surface area contributed by atoms with Gasteiger partial charge in [-0.15, -0.1) is 0 Å². The summed E-state index contributed by atoms with van der Waals surface area (Å²) in [6.45, 7) is 1.97. The zero-order valence-corrected chi connectivity index (χ0v) is 12.3. The number of rotatable bonds is 10. The standard InChI is InChI=1S/C14H21F5O3/c1-2-3-4-5-6-7-9-12(15,10-8-11(20)21)13(16,22)14(17,18)19/h8,10,22H,2-7,9H2,1H3,(H,20,21). The maximum atomic E-state index is 14.3. The van der Waals surface area contributed by atoms with Crippen LogP contribution in [-0.4, -0.2) is 33.9 Å². The second-order valence-electron chi connectivity index (χ2n) is 5.17. The molecule has 0 aromatic carbocycles. The summed E-state index contributed by atoms with van der Waals surface area (Å²) in [5, 5.41) is 17.3. The highest BCUT2D eigenvalue weighted by Crippen LogP contribution is 2.45. The van der Waals surface area contributed by atoms with Gasteiger partial charge in [-0.1, -0.05) is 39.0 Å². The number of alkyl halides is 5. The van der Waals surface area contributed by atoms with Gasteiger partial charge in [0.15, 0.2) is 5.67 Å². The molecule has 130 valence electrons. The van der Waals surface area contributed by atoms with Crippen molar-refractivity contribution in [3.05, 3.63) is 12.2 Å². The first-order chi connectivity index (χ1) is 9.98. The molecule has 3 nitrogen and oxygen atoms in total. The van der Waals surface area contributed by atoms with Crippen molar-refractivity contribution < 1.29 is 37.0 Å². The molecule has 0 aliphatic rings. The molecule has 2 N–H and O–H groups in total. The molecule has 8 heteroatoms. The molecule has 0 aliphatic carbocycles. The zero-order chi connectivity index (χ0) is 17.4. The quantitative estimate of drug-likeness (QED) is 0.356. The van der Waals surface area contributed by atoms with Crippen molar-refractivity contribution in [2.75, 3.05) is 0 Å². The van der Waals surface area contributed by atoms with E-state index in [-0.39, 0.29) is 18.6 Å². The third kappa shape index (κ3) is 5.90. The highest BCUT2D eigenvalue weighted by atomic mass is 19.4. The minimum atomic E-state index is -5.87. The van der Waals surface area contributed by atoms with Crippen LogP contribution < -0.4 is 0 Å². The van der Waals surface area contributed by atoms with Crippen LogP contribution in [0.1, 0.15) is 51.9 Å². The molecule has 0 spiro atoms. The largest absolute Gasteiger partial charge is 0.478 e. The number of unbranched alkanes of at least 4 members (excludes halogenated alkanes) is 5. The Bertz CT molecular complexity index is 379. The van der Waals surface area contributed by atoms with Crippen LogP contribution in [0.15, 0.2) is 12.2 Å². The molecule has 0 heterocycles. The Morgan fingerprint density at radius 3 is 1.95 bits per heavy atom. The Balaban J connectivity index is 4.93. The topological polar surface area (TPSA) is 57.5 Å². The van der Waals surface area contributed by atoms with Crippen molar-refractivity contribution in [1.82, 2.24) is 0 Å². The molecule has 0 aromatic heterocycles. The molecule has 0 saturated heterocycles. The van der Waals surface area contributed by atoms with Gasteiger partial charge in [0.05, 0.1) is 0 Å². The average Bonchev–Trinajstić information content (AvgIpc) is 2.39. The number of aliphatic carboxylic acids is 1. The predicted octanol–water partition coefficient (Wildman–Crippen LogP) is 4.31. The van der Waals surface area contributed by atoms with Crippen LogP contribution in [0.2, 0.25) is 0 Å². The highest BCUT2D eigenvalue weighted by molar-refractivity contribution is 5.80. The lowest BCUT2D eigenvalue weighted by Crippen LogP contribution is -2.56. The molecule has 0 aromatic rings. The summed E-state index contributed by atoms with van der Waals surface area (Å²) in [5.74, 6) is -6.88. The fraction of sp³-hybridized carbons (Fsp3) is 0.786. The van der Waals surface area contributed by atoms with Gasteiger partial charge in [0.25, 0.3) is 0 Å². The summed E-state index contributed by atoms with van der Waals surface area (Å²) in [4.78, 5) is 10.3. The van der Waals surface area contributed by atoms with E-state index in [1.165, 1.54) is 0 Å². The Hall–Kier alpha value is -1.18. The van der Waals surface area contributed by atoms with Gasteiger partial charge in [-0.25, -0.2) is 9.18 Å². The number of carbonyl (C=O) groups is 1. The van der Waals surface area contributed by atoms with Crippen LogP contribution in [0.25, 0.3) is 0 Å². The number of halogens is 5. The maximum absolute atomic E-state index is 14.3. The molecule has 2 unspecified atom stereocenters. The Kier molecular flexibility index (Phi) is 8.00. The van der Waals surface area contributed by atoms with E-state index in [4.69, 9.17) is 10.2 Å². The van der Waals surface area contributed by atoms with Gasteiger partial charge in [-0.05, 0) is 18.9 Å². The van der Waals surface area contributed by atoms with Crippen LogP contribution in [0.4, 0.5) is 22.0 Å². The molecular weight excluding hydrogens is 311 g/mol. The second-order valence-corrected chi connectivity index (χ2v) is 5.17. The number of aliphatic hydroxyl groups is 1. The molecule has 0 saturated carbocycles. The minimum absolute atomic E-state index is 0.0629. The fourth-order valence-corrected chi connectivity index (χ4v) is 1.96. The third-order valence-corrected chi connectivity index (χ3v) is 3.31. The molecule has 2 atom stereocenters. The van der Waals surface area contributed by atoms with Gasteiger partial charge >= 0.3 is 18.0 Å². The summed E-state index contributed by atoms with van der Waals surface area (Å²) in [6, 6.07) is 0. The lowest BCUT2D eigenvalue weighted by Gasteiger charge is -2.34. The summed E-state index contributed by atoms with van der Waals surface area (Å²) in [7, 11) is 0. The maximum Gasteiger partial charge on any atom is 0.452 e. The van der Waals surface area contributed by atoms with Gasteiger partial charge in [0.2, 0.25) is 0 Å². The fourth-order valence-electron chi connectivity index (χ4n) is 1.96. The molecule has 0 aliphatic heterocycles. The summed E-state index contributed by atoms with van der Waals surface area (Å²) in [6.07, 6.45) is -3.25. The lowest BCUT2D eigenvalue weighted by molar-refractivity contribution is -0.352. The van der Waals surface area contributed by atoms with Crippen molar-refractivity contribution in [1.29, 1.82) is 0 Å². The molecule has 0 amide bonds. The van der Waals surface area contributed by atoms with Crippen molar-refractivity contribution in [3.63, 3.8) is 0 Å². The Morgan fingerprint density at radius 2 is 1.50 bits per heavy atom. The van der Waals surface area contributed by atoms with Crippen LogP contribution >= 0.6 is 0 Å². The van der Waals surface area contributed by atoms with E-state index in [0.29, 0.717) is 12.8 Å². The summed E-state index contributed by atoms with van der Waals surface area (Å²) in [5.41, 5.74) is -3.84. The SMILES string of the molecule is CCCCCCCCC(F)(C=CC(=O)O)C(O)(F)C(F)(F)F. The van der Waals surface area contributed by atoms with Crippen molar-refractivity contribution in [2.24, 2.45) is 0 Å². The Morgan fingerprint density at radius 1 is 1.00 bits per heavy atom. The smallest absolute Gasteiger partial charge is 0.452 e. The van der Waals surface area contributed by atoms with E-state index in [1.807, 2.05) is 6.92 Å². The Labute approximate surface area is 125 Å². The van der Waals surface area contributed by atoms with Crippen molar-refractivity contribution in [3.8, 4) is 0 Å². The molecule has 22 heavy (non-hydrogen) atoms. The first kappa shape index (κ1) is 20.8. The molecule has 0 bridgehead atoms. The van der Waals surface area contributed by atoms with Gasteiger partial charge in [0.1, 0.15) is 0 Å². The highest BCUT2D eigenvalue weighted by Gasteiger charge is 2.68. The molecule has 0 rings (SSSR count). The van der Waals surface area contributed by atoms with Gasteiger partial charge in [-0.2, -0.15) is 17.6 Å². The van der Waals surface area contributed by atoms with Gasteiger partial charge in [-0.3, -0.25) is 0 Å². The van der Waals surface area contributed by atoms with E-state index >= 15 is 0 Å². The lowest BCUT2D eigenvalue weighted by atomic mass is 9.88. The summed E-state index contributed by atoms with van der Waals surface area (Å²) < 4.78 is 65.3. The number of carboxylic acid groups (broad SMARTS) is 1. The first-order valence-electron chi connectivity index (χ1n) is 7.07.